The van der Waals surface area contributed by atoms with Gasteiger partial charge in [-0.2, -0.15) is 0 Å². The number of hydrogen-bond donors (Lipinski definition) is 2. The topological polar surface area (TPSA) is 33.3 Å². The van der Waals surface area contributed by atoms with Gasteiger partial charge in [-0.25, -0.2) is 8.78 Å². The Morgan fingerprint density at radius 1 is 1.06 bits per heavy atom. The minimum absolute atomic E-state index is 0.402. The highest BCUT2D eigenvalue weighted by atomic mass is 19.1. The standard InChI is InChI=1S/C13H20F2N2O/c1-10-7-11(13(15)8-12(10)14)9-17-4-3-16-5-6-18-2/h7-8,16-17H,3-6,9H2,1-2H3. The van der Waals surface area contributed by atoms with Crippen LogP contribution in [0.5, 0.6) is 0 Å². The SMILES string of the molecule is COCCNCCNCc1cc(C)c(F)cc1F. The first-order valence-electron chi connectivity index (χ1n) is 6.00. The van der Waals surface area contributed by atoms with Gasteiger partial charge in [0.2, 0.25) is 0 Å². The van der Waals surface area contributed by atoms with Crippen molar-refractivity contribution in [2.24, 2.45) is 0 Å². The molecule has 0 spiro atoms. The lowest BCUT2D eigenvalue weighted by Crippen LogP contribution is -2.29. The van der Waals surface area contributed by atoms with E-state index in [1.165, 1.54) is 6.07 Å². The number of rotatable bonds is 8. The summed E-state index contributed by atoms with van der Waals surface area (Å²) >= 11 is 0. The van der Waals surface area contributed by atoms with Crippen molar-refractivity contribution in [1.29, 1.82) is 0 Å². The zero-order chi connectivity index (χ0) is 13.4. The van der Waals surface area contributed by atoms with E-state index in [0.29, 0.717) is 24.3 Å². The molecule has 3 nitrogen and oxygen atoms in total. The lowest BCUT2D eigenvalue weighted by molar-refractivity contribution is 0.199. The molecule has 1 rings (SSSR count). The van der Waals surface area contributed by atoms with Gasteiger partial charge in [-0.05, 0) is 18.6 Å². The highest BCUT2D eigenvalue weighted by Crippen LogP contribution is 2.13. The van der Waals surface area contributed by atoms with Crippen LogP contribution >= 0.6 is 0 Å². The van der Waals surface area contributed by atoms with Crippen LogP contribution in [0.4, 0.5) is 8.78 Å². The number of benzene rings is 1. The van der Waals surface area contributed by atoms with Crippen LogP contribution in [0.1, 0.15) is 11.1 Å². The fraction of sp³-hybridized carbons (Fsp3) is 0.538. The summed E-state index contributed by atoms with van der Waals surface area (Å²) in [6, 6.07) is 2.47. The molecule has 0 unspecified atom stereocenters. The molecule has 0 aromatic heterocycles. The van der Waals surface area contributed by atoms with Crippen LogP contribution in [-0.4, -0.2) is 33.4 Å². The Morgan fingerprint density at radius 3 is 2.50 bits per heavy atom. The molecule has 1 aromatic carbocycles. The Labute approximate surface area is 107 Å². The van der Waals surface area contributed by atoms with Crippen LogP contribution in [0.25, 0.3) is 0 Å². The predicted octanol–water partition coefficient (Wildman–Crippen LogP) is 1.60. The lowest BCUT2D eigenvalue weighted by atomic mass is 10.1. The molecule has 0 aliphatic heterocycles. The van der Waals surface area contributed by atoms with E-state index in [1.54, 1.807) is 14.0 Å². The van der Waals surface area contributed by atoms with Gasteiger partial charge in [0.05, 0.1) is 6.61 Å². The van der Waals surface area contributed by atoms with Crippen LogP contribution in [-0.2, 0) is 11.3 Å². The number of aryl methyl sites for hydroxylation is 1. The first kappa shape index (κ1) is 15.0. The van der Waals surface area contributed by atoms with Crippen LogP contribution in [0, 0.1) is 18.6 Å². The second-order valence-electron chi connectivity index (χ2n) is 4.11. The van der Waals surface area contributed by atoms with Crippen molar-refractivity contribution in [3.63, 3.8) is 0 Å². The molecule has 0 atom stereocenters. The van der Waals surface area contributed by atoms with Crippen molar-refractivity contribution in [2.45, 2.75) is 13.5 Å². The highest BCUT2D eigenvalue weighted by Gasteiger charge is 2.06. The van der Waals surface area contributed by atoms with E-state index < -0.39 is 11.6 Å². The molecule has 18 heavy (non-hydrogen) atoms. The van der Waals surface area contributed by atoms with Gasteiger partial charge < -0.3 is 15.4 Å². The van der Waals surface area contributed by atoms with Crippen molar-refractivity contribution in [2.75, 3.05) is 33.4 Å². The number of halogens is 2. The number of methoxy groups -OCH3 is 1. The first-order chi connectivity index (χ1) is 8.65. The summed E-state index contributed by atoms with van der Waals surface area (Å²) in [7, 11) is 1.65. The van der Waals surface area contributed by atoms with Gasteiger partial charge in [-0.1, -0.05) is 0 Å². The summed E-state index contributed by atoms with van der Waals surface area (Å²) in [4.78, 5) is 0. The van der Waals surface area contributed by atoms with Crippen molar-refractivity contribution < 1.29 is 13.5 Å². The van der Waals surface area contributed by atoms with Crippen LogP contribution in [0.2, 0.25) is 0 Å². The molecule has 0 radical (unpaired) electrons. The molecule has 0 saturated heterocycles. The van der Waals surface area contributed by atoms with Gasteiger partial charge in [0.15, 0.2) is 0 Å². The molecule has 5 heteroatoms. The molecule has 0 fully saturated rings. The average molecular weight is 258 g/mol. The van der Waals surface area contributed by atoms with Gasteiger partial charge in [0.1, 0.15) is 11.6 Å². The first-order valence-corrected chi connectivity index (χ1v) is 6.00. The van der Waals surface area contributed by atoms with Gasteiger partial charge in [-0.3, -0.25) is 0 Å². The summed E-state index contributed by atoms with van der Waals surface area (Å²) < 4.78 is 31.3. The molecule has 0 saturated carbocycles. The number of hydrogen-bond acceptors (Lipinski definition) is 3. The van der Waals surface area contributed by atoms with E-state index in [9.17, 15) is 8.78 Å². The van der Waals surface area contributed by atoms with E-state index in [-0.39, 0.29) is 0 Å². The zero-order valence-electron chi connectivity index (χ0n) is 10.9. The van der Waals surface area contributed by atoms with Crippen LogP contribution in [0.3, 0.4) is 0 Å². The molecule has 0 aliphatic rings. The fourth-order valence-corrected chi connectivity index (χ4v) is 1.55. The highest BCUT2D eigenvalue weighted by molar-refractivity contribution is 5.25. The molecule has 0 amide bonds. The van der Waals surface area contributed by atoms with Crippen molar-refractivity contribution >= 4 is 0 Å². The van der Waals surface area contributed by atoms with Gasteiger partial charge >= 0.3 is 0 Å². The third-order valence-electron chi connectivity index (χ3n) is 2.60. The molecular weight excluding hydrogens is 238 g/mol. The molecule has 1 aromatic rings. The van der Waals surface area contributed by atoms with Crippen molar-refractivity contribution in [1.82, 2.24) is 10.6 Å². The third-order valence-corrected chi connectivity index (χ3v) is 2.60. The smallest absolute Gasteiger partial charge is 0.130 e. The quantitative estimate of drug-likeness (QED) is 0.695. The Bertz CT molecular complexity index is 372. The van der Waals surface area contributed by atoms with E-state index in [2.05, 4.69) is 10.6 Å². The Balaban J connectivity index is 2.25. The van der Waals surface area contributed by atoms with Gasteiger partial charge in [-0.15, -0.1) is 0 Å². The molecule has 102 valence electrons. The third kappa shape index (κ3) is 5.08. The summed E-state index contributed by atoms with van der Waals surface area (Å²) in [5.74, 6) is -1.00. The number of ether oxygens (including phenoxy) is 1. The van der Waals surface area contributed by atoms with E-state index in [1.807, 2.05) is 0 Å². The molecule has 0 aliphatic carbocycles. The van der Waals surface area contributed by atoms with E-state index in [0.717, 1.165) is 25.7 Å². The van der Waals surface area contributed by atoms with Crippen molar-refractivity contribution in [3.05, 3.63) is 34.9 Å². The van der Waals surface area contributed by atoms with E-state index >= 15 is 0 Å². The Morgan fingerprint density at radius 2 is 1.78 bits per heavy atom. The Hall–Kier alpha value is -1.04. The number of nitrogens with one attached hydrogen (secondary N) is 2. The maximum atomic E-state index is 13.4. The van der Waals surface area contributed by atoms with Crippen molar-refractivity contribution in [3.8, 4) is 0 Å². The molecule has 2 N–H and O–H groups in total. The zero-order valence-corrected chi connectivity index (χ0v) is 10.9. The molecule has 0 bridgehead atoms. The second-order valence-corrected chi connectivity index (χ2v) is 4.11. The average Bonchev–Trinajstić information content (AvgIpc) is 2.34. The molecular formula is C13H20F2N2O. The minimum Gasteiger partial charge on any atom is -0.383 e. The molecule has 0 heterocycles. The lowest BCUT2D eigenvalue weighted by Gasteiger charge is -2.08. The maximum absolute atomic E-state index is 13.4. The largest absolute Gasteiger partial charge is 0.383 e. The monoisotopic (exact) mass is 258 g/mol. The Kier molecular flexibility index (Phi) is 6.78. The summed E-state index contributed by atoms with van der Waals surface area (Å²) in [5.41, 5.74) is 0.956. The van der Waals surface area contributed by atoms with Crippen LogP contribution in [0.15, 0.2) is 12.1 Å². The summed E-state index contributed by atoms with van der Waals surface area (Å²) in [5, 5.41) is 6.27. The van der Waals surface area contributed by atoms with Gasteiger partial charge in [0.25, 0.3) is 0 Å². The minimum atomic E-state index is -0.502. The predicted molar refractivity (Wildman–Crippen MR) is 67.5 cm³/mol. The maximum Gasteiger partial charge on any atom is 0.130 e. The van der Waals surface area contributed by atoms with Gasteiger partial charge in [0, 0.05) is 44.9 Å². The summed E-state index contributed by atoms with van der Waals surface area (Å²) in [6.45, 7) is 5.00. The normalized spacial score (nSPS) is 10.9. The summed E-state index contributed by atoms with van der Waals surface area (Å²) in [6.07, 6.45) is 0. The fourth-order valence-electron chi connectivity index (χ4n) is 1.55. The van der Waals surface area contributed by atoms with E-state index in [4.69, 9.17) is 4.74 Å². The van der Waals surface area contributed by atoms with Crippen LogP contribution < -0.4 is 10.6 Å². The second kappa shape index (κ2) is 8.13.